The van der Waals surface area contributed by atoms with Crippen molar-refractivity contribution in [1.29, 1.82) is 0 Å². The SMILES string of the molecule is CC(C)(C)OC(=O)CC1CCCC(n2ncc3c(=O)[nH]c(Cc4ccccc4OC(F)(F)F)nc32)C1. The van der Waals surface area contributed by atoms with Gasteiger partial charge in [0.05, 0.1) is 12.2 Å². The maximum Gasteiger partial charge on any atom is 0.573 e. The molecule has 0 amide bonds. The van der Waals surface area contributed by atoms with Crippen molar-refractivity contribution in [1.82, 2.24) is 19.7 Å². The highest BCUT2D eigenvalue weighted by atomic mass is 19.4. The predicted molar refractivity (Wildman–Crippen MR) is 126 cm³/mol. The Morgan fingerprint density at radius 1 is 1.19 bits per heavy atom. The Morgan fingerprint density at radius 2 is 1.94 bits per heavy atom. The van der Waals surface area contributed by atoms with Crippen LogP contribution in [0.15, 0.2) is 35.3 Å². The van der Waals surface area contributed by atoms with Gasteiger partial charge in [0.1, 0.15) is 22.6 Å². The van der Waals surface area contributed by atoms with Crippen LogP contribution in [0.2, 0.25) is 0 Å². The van der Waals surface area contributed by atoms with E-state index < -0.39 is 17.5 Å². The second-order valence-electron chi connectivity index (χ2n) is 10.1. The molecule has 11 heteroatoms. The molecular weight excluding hydrogens is 477 g/mol. The summed E-state index contributed by atoms with van der Waals surface area (Å²) in [5.41, 5.74) is -0.366. The molecule has 8 nitrogen and oxygen atoms in total. The van der Waals surface area contributed by atoms with E-state index in [-0.39, 0.29) is 41.5 Å². The van der Waals surface area contributed by atoms with Gasteiger partial charge in [-0.15, -0.1) is 13.2 Å². The van der Waals surface area contributed by atoms with Crippen LogP contribution < -0.4 is 10.3 Å². The van der Waals surface area contributed by atoms with E-state index in [0.717, 1.165) is 19.3 Å². The van der Waals surface area contributed by atoms with Gasteiger partial charge >= 0.3 is 12.3 Å². The van der Waals surface area contributed by atoms with Gasteiger partial charge in [-0.25, -0.2) is 9.67 Å². The number of aromatic amines is 1. The van der Waals surface area contributed by atoms with E-state index in [4.69, 9.17) is 4.74 Å². The molecule has 1 aliphatic rings. The lowest BCUT2D eigenvalue weighted by molar-refractivity contribution is -0.274. The summed E-state index contributed by atoms with van der Waals surface area (Å²) in [6.45, 7) is 5.50. The standard InChI is InChI=1S/C25H29F3N4O4/c1-24(2,3)36-21(33)12-15-7-6-9-17(11-15)32-22-18(14-29-32)23(34)31-20(30-22)13-16-8-4-5-10-19(16)35-25(26,27)28/h4-5,8,10,14-15,17H,6-7,9,11-13H2,1-3H3,(H,30,31,34). The number of benzene rings is 1. The molecular formula is C25H29F3N4O4. The van der Waals surface area contributed by atoms with Crippen LogP contribution in [-0.2, 0) is 16.0 Å². The van der Waals surface area contributed by atoms with E-state index in [1.54, 1.807) is 10.7 Å². The number of nitrogens with zero attached hydrogens (tertiary/aromatic N) is 3. The lowest BCUT2D eigenvalue weighted by Gasteiger charge is -2.30. The monoisotopic (exact) mass is 506 g/mol. The molecule has 1 saturated carbocycles. The summed E-state index contributed by atoms with van der Waals surface area (Å²) in [6, 6.07) is 5.68. The number of carbonyl (C=O) groups is 1. The van der Waals surface area contributed by atoms with E-state index in [1.165, 1.54) is 24.4 Å². The third-order valence-corrected chi connectivity index (χ3v) is 6.05. The molecule has 2 aromatic heterocycles. The van der Waals surface area contributed by atoms with Gasteiger partial charge < -0.3 is 14.5 Å². The Balaban J connectivity index is 1.57. The van der Waals surface area contributed by atoms with Crippen LogP contribution in [0.4, 0.5) is 13.2 Å². The third kappa shape index (κ3) is 6.44. The molecule has 1 fully saturated rings. The molecule has 1 N–H and O–H groups in total. The Hall–Kier alpha value is -3.37. The smallest absolute Gasteiger partial charge is 0.460 e. The molecule has 0 saturated heterocycles. The minimum atomic E-state index is -4.84. The molecule has 2 heterocycles. The fourth-order valence-corrected chi connectivity index (χ4v) is 4.68. The van der Waals surface area contributed by atoms with Crippen LogP contribution in [0.25, 0.3) is 11.0 Å². The van der Waals surface area contributed by atoms with Crippen molar-refractivity contribution in [2.75, 3.05) is 0 Å². The number of ether oxygens (including phenoxy) is 2. The summed E-state index contributed by atoms with van der Waals surface area (Å²) < 4.78 is 49.7. The largest absolute Gasteiger partial charge is 0.573 e. The fourth-order valence-electron chi connectivity index (χ4n) is 4.68. The van der Waals surface area contributed by atoms with E-state index >= 15 is 0 Å². The van der Waals surface area contributed by atoms with Crippen molar-refractivity contribution in [2.24, 2.45) is 5.92 Å². The fraction of sp³-hybridized carbons (Fsp3) is 0.520. The molecule has 0 spiro atoms. The average molecular weight is 507 g/mol. The average Bonchev–Trinajstić information content (AvgIpc) is 3.17. The molecule has 1 aromatic carbocycles. The number of hydrogen-bond donors (Lipinski definition) is 1. The maximum absolute atomic E-state index is 12.8. The molecule has 36 heavy (non-hydrogen) atoms. The second-order valence-corrected chi connectivity index (χ2v) is 10.1. The van der Waals surface area contributed by atoms with E-state index in [9.17, 15) is 22.8 Å². The number of para-hydroxylation sites is 1. The van der Waals surface area contributed by atoms with Crippen molar-refractivity contribution < 1.29 is 27.4 Å². The summed E-state index contributed by atoms with van der Waals surface area (Å²) in [5.74, 6) is -0.270. The first kappa shape index (κ1) is 25.7. The van der Waals surface area contributed by atoms with Gasteiger partial charge in [0.15, 0.2) is 5.65 Å². The van der Waals surface area contributed by atoms with Gasteiger partial charge in [0, 0.05) is 18.4 Å². The molecule has 0 bridgehead atoms. The van der Waals surface area contributed by atoms with E-state index in [0.29, 0.717) is 23.9 Å². The lowest BCUT2D eigenvalue weighted by atomic mass is 9.84. The minimum Gasteiger partial charge on any atom is -0.460 e. The van der Waals surface area contributed by atoms with Crippen molar-refractivity contribution in [3.63, 3.8) is 0 Å². The number of alkyl halides is 3. The normalized spacial score (nSPS) is 18.8. The molecule has 2 unspecified atom stereocenters. The van der Waals surface area contributed by atoms with E-state index in [1.807, 2.05) is 20.8 Å². The van der Waals surface area contributed by atoms with Gasteiger partial charge in [0.2, 0.25) is 0 Å². The van der Waals surface area contributed by atoms with Crippen LogP contribution in [0.3, 0.4) is 0 Å². The summed E-state index contributed by atoms with van der Waals surface area (Å²) in [7, 11) is 0. The van der Waals surface area contributed by atoms with Crippen molar-refractivity contribution in [2.45, 2.75) is 77.3 Å². The number of halogens is 3. The number of aromatic nitrogens is 4. The van der Waals surface area contributed by atoms with Crippen molar-refractivity contribution in [3.8, 4) is 5.75 Å². The molecule has 3 aromatic rings. The summed E-state index contributed by atoms with van der Waals surface area (Å²) in [6.07, 6.45) is 0.133. The van der Waals surface area contributed by atoms with E-state index in [2.05, 4.69) is 19.8 Å². The first-order valence-corrected chi connectivity index (χ1v) is 11.9. The van der Waals surface area contributed by atoms with Crippen LogP contribution in [-0.4, -0.2) is 37.7 Å². The van der Waals surface area contributed by atoms with Gasteiger partial charge in [-0.05, 0) is 52.0 Å². The number of nitrogens with one attached hydrogen (secondary N) is 1. The van der Waals surface area contributed by atoms with Crippen molar-refractivity contribution in [3.05, 3.63) is 52.2 Å². The quantitative estimate of drug-likeness (QED) is 0.469. The Labute approximate surface area is 205 Å². The maximum atomic E-state index is 12.8. The highest BCUT2D eigenvalue weighted by Gasteiger charge is 2.32. The number of fused-ring (bicyclic) bond motifs is 1. The van der Waals surface area contributed by atoms with Gasteiger partial charge in [-0.2, -0.15) is 5.10 Å². The first-order valence-electron chi connectivity index (χ1n) is 11.9. The predicted octanol–water partition coefficient (Wildman–Crippen LogP) is 5.07. The molecule has 1 aliphatic carbocycles. The van der Waals surface area contributed by atoms with Crippen LogP contribution >= 0.6 is 0 Å². The number of rotatable bonds is 6. The topological polar surface area (TPSA) is 99.1 Å². The van der Waals surface area contributed by atoms with Gasteiger partial charge in [-0.1, -0.05) is 24.6 Å². The number of hydrogen-bond acceptors (Lipinski definition) is 6. The summed E-state index contributed by atoms with van der Waals surface area (Å²) in [4.78, 5) is 32.2. The Bertz CT molecular complexity index is 1290. The number of H-pyrrole nitrogens is 1. The minimum absolute atomic E-state index is 0.0610. The molecule has 0 radical (unpaired) electrons. The number of carbonyl (C=O) groups excluding carboxylic acids is 1. The molecule has 194 valence electrons. The summed E-state index contributed by atoms with van der Waals surface area (Å²) >= 11 is 0. The zero-order valence-corrected chi connectivity index (χ0v) is 20.4. The highest BCUT2D eigenvalue weighted by Crippen LogP contribution is 2.35. The Kier molecular flexibility index (Phi) is 7.10. The zero-order valence-electron chi connectivity index (χ0n) is 20.4. The number of esters is 1. The Morgan fingerprint density at radius 3 is 2.67 bits per heavy atom. The van der Waals surface area contributed by atoms with Crippen LogP contribution in [0, 0.1) is 5.92 Å². The molecule has 0 aliphatic heterocycles. The molecule has 4 rings (SSSR count). The van der Waals surface area contributed by atoms with Crippen LogP contribution in [0.5, 0.6) is 5.75 Å². The van der Waals surface area contributed by atoms with Gasteiger partial charge in [-0.3, -0.25) is 9.59 Å². The highest BCUT2D eigenvalue weighted by molar-refractivity contribution is 5.73. The van der Waals surface area contributed by atoms with Crippen molar-refractivity contribution >= 4 is 17.0 Å². The third-order valence-electron chi connectivity index (χ3n) is 6.05. The van der Waals surface area contributed by atoms with Crippen LogP contribution in [0.1, 0.15) is 70.3 Å². The second kappa shape index (κ2) is 9.94. The molecule has 2 atom stereocenters. The summed E-state index contributed by atoms with van der Waals surface area (Å²) in [5, 5.41) is 4.71. The lowest BCUT2D eigenvalue weighted by Crippen LogP contribution is -2.27. The first-order chi connectivity index (χ1) is 16.9. The van der Waals surface area contributed by atoms with Gasteiger partial charge in [0.25, 0.3) is 5.56 Å². The zero-order chi connectivity index (χ0) is 26.1.